The molecule has 10 nitrogen and oxygen atoms in total. The van der Waals surface area contributed by atoms with Gasteiger partial charge in [0, 0.05) is 88.7 Å². The highest BCUT2D eigenvalue weighted by Crippen LogP contribution is 2.40. The van der Waals surface area contributed by atoms with Crippen LogP contribution in [-0.2, 0) is 0 Å². The van der Waals surface area contributed by atoms with Crippen molar-refractivity contribution in [3.63, 3.8) is 0 Å². The molecule has 0 radical (unpaired) electrons. The number of nitrogens with zero attached hydrogens (tertiary/aromatic N) is 10. The molecule has 0 N–H and O–H groups in total. The fourth-order valence-electron chi connectivity index (χ4n) is 14.9. The van der Waals surface area contributed by atoms with E-state index in [0.717, 1.165) is 83.9 Å². The highest BCUT2D eigenvalue weighted by molar-refractivity contribution is 6.21. The summed E-state index contributed by atoms with van der Waals surface area (Å²) in [6.07, 6.45) is 1.82. The lowest BCUT2D eigenvalue weighted by Crippen LogP contribution is -2.03. The van der Waals surface area contributed by atoms with Crippen molar-refractivity contribution in [3.05, 3.63) is 388 Å². The van der Waals surface area contributed by atoms with Crippen LogP contribution in [0.1, 0.15) is 0 Å². The van der Waals surface area contributed by atoms with Gasteiger partial charge in [-0.25, -0.2) is 34.9 Å². The van der Waals surface area contributed by atoms with Gasteiger partial charge in [0.05, 0.1) is 50.0 Å². The molecule has 15 aromatic carbocycles. The summed E-state index contributed by atoms with van der Waals surface area (Å²) >= 11 is 0. The largest absolute Gasteiger partial charge is 0.309 e. The molecule has 6 aromatic heterocycles. The van der Waals surface area contributed by atoms with Crippen molar-refractivity contribution in [1.29, 1.82) is 0 Å². The molecule has 0 spiro atoms. The summed E-state index contributed by atoms with van der Waals surface area (Å²) in [6, 6.07) is 132. The first kappa shape index (κ1) is 63.3. The topological polar surface area (TPSA) is 105 Å². The summed E-state index contributed by atoms with van der Waals surface area (Å²) in [6.45, 7) is 0. The maximum absolute atomic E-state index is 5.25. The van der Waals surface area contributed by atoms with E-state index in [2.05, 4.69) is 304 Å². The first-order chi connectivity index (χ1) is 53.1. The lowest BCUT2D eigenvalue weighted by atomic mass is 10.0. The van der Waals surface area contributed by atoms with Crippen LogP contribution in [0.3, 0.4) is 0 Å². The Morgan fingerprint density at radius 2 is 0.561 bits per heavy atom. The number of fused-ring (bicyclic) bond motifs is 12. The molecule has 21 aromatic rings. The van der Waals surface area contributed by atoms with Gasteiger partial charge in [0.15, 0.2) is 23.3 Å². The summed E-state index contributed by atoms with van der Waals surface area (Å²) in [5, 5.41) is 11.0. The van der Waals surface area contributed by atoms with Gasteiger partial charge in [0.2, 0.25) is 5.95 Å². The van der Waals surface area contributed by atoms with Crippen molar-refractivity contribution in [1.82, 2.24) is 48.6 Å². The summed E-state index contributed by atoms with van der Waals surface area (Å²) < 4.78 is 6.84. The first-order valence-electron chi connectivity index (χ1n) is 35.9. The predicted molar refractivity (Wildman–Crippen MR) is 440 cm³/mol. The second-order valence-corrected chi connectivity index (χ2v) is 26.4. The molecule has 0 aliphatic heterocycles. The number of hydrogen-bond donors (Lipinski definition) is 0. The Morgan fingerprint density at radius 1 is 0.196 bits per heavy atom. The van der Waals surface area contributed by atoms with Crippen LogP contribution in [0.15, 0.2) is 388 Å². The molecule has 0 saturated carbocycles. The van der Waals surface area contributed by atoms with E-state index < -0.39 is 0 Å². The molecule has 6 heterocycles. The zero-order valence-corrected chi connectivity index (χ0v) is 57.9. The lowest BCUT2D eigenvalue weighted by Gasteiger charge is -2.12. The lowest BCUT2D eigenvalue weighted by molar-refractivity contribution is 1.01. The summed E-state index contributed by atoms with van der Waals surface area (Å²) in [5.41, 5.74) is 20.4. The molecular formula is C97H64N10. The molecule has 21 rings (SSSR count). The fourth-order valence-corrected chi connectivity index (χ4v) is 14.9. The van der Waals surface area contributed by atoms with E-state index in [1.54, 1.807) is 0 Å². The highest BCUT2D eigenvalue weighted by Gasteiger charge is 2.21. The molecule has 10 heteroatoms. The zero-order chi connectivity index (χ0) is 71.0. The Kier molecular flexibility index (Phi) is 16.4. The second kappa shape index (κ2) is 27.6. The maximum Gasteiger partial charge on any atom is 0.235 e. The third-order valence-electron chi connectivity index (χ3n) is 20.0. The van der Waals surface area contributed by atoms with E-state index in [4.69, 9.17) is 29.9 Å². The average Bonchev–Trinajstić information content (AvgIpc) is 1.59. The van der Waals surface area contributed by atoms with Gasteiger partial charge in [-0.1, -0.05) is 285 Å². The first-order valence-corrected chi connectivity index (χ1v) is 35.9. The van der Waals surface area contributed by atoms with Crippen LogP contribution in [0.4, 0.5) is 0 Å². The standard InChI is InChI=1S/C36H23N3.C33H22N4.C28H19N3/c1-2-10-24(11-3-1)25-18-20-27(21-19-25)35-29-14-6-8-16-31(29)37-36(38-35)39-32-17-9-7-15-30(32)34-28-13-5-4-12-26(28)22-23-33(34)39;1-3-11-23(12-4-1)31-34-32(24-13-5-2-6-14-24)36-33(35-31)25-19-21-26(22-20-25)37-29-17-9-7-15-27(29)28-16-8-10-18-30(28)37;1-2-8-20(9-3-1)25-18-19-29-28(30-25)21-14-16-22(17-15-21)31-26-12-6-4-10-23(26)24-11-5-7-13-27(24)31/h1-23H;1-22H;1-19H. The van der Waals surface area contributed by atoms with Gasteiger partial charge in [0.25, 0.3) is 0 Å². The summed E-state index contributed by atoms with van der Waals surface area (Å²) in [4.78, 5) is 34.2. The minimum Gasteiger partial charge on any atom is -0.309 e. The summed E-state index contributed by atoms with van der Waals surface area (Å²) in [5.74, 6) is 3.39. The van der Waals surface area contributed by atoms with Crippen LogP contribution in [0.5, 0.6) is 0 Å². The molecule has 0 atom stereocenters. The molecule has 0 fully saturated rings. The van der Waals surface area contributed by atoms with E-state index in [9.17, 15) is 0 Å². The third kappa shape index (κ3) is 11.9. The van der Waals surface area contributed by atoms with Crippen molar-refractivity contribution < 1.29 is 0 Å². The fraction of sp³-hybridized carbons (Fsp3) is 0. The van der Waals surface area contributed by atoms with Crippen molar-refractivity contribution in [2.75, 3.05) is 0 Å². The van der Waals surface area contributed by atoms with Crippen LogP contribution in [0.25, 0.3) is 184 Å². The van der Waals surface area contributed by atoms with Gasteiger partial charge in [-0.3, -0.25) is 4.57 Å². The Bertz CT molecular complexity index is 6670. The number of hydrogen-bond acceptors (Lipinski definition) is 7. The van der Waals surface area contributed by atoms with Crippen LogP contribution in [-0.4, -0.2) is 48.6 Å². The highest BCUT2D eigenvalue weighted by atomic mass is 15.2. The van der Waals surface area contributed by atoms with Crippen LogP contribution in [0.2, 0.25) is 0 Å². The van der Waals surface area contributed by atoms with Gasteiger partial charge >= 0.3 is 0 Å². The molecular weight excluding hydrogens is 1310 g/mol. The van der Waals surface area contributed by atoms with E-state index in [-0.39, 0.29) is 0 Å². The van der Waals surface area contributed by atoms with Gasteiger partial charge < -0.3 is 9.13 Å². The van der Waals surface area contributed by atoms with Gasteiger partial charge in [-0.2, -0.15) is 0 Å². The monoisotopic (exact) mass is 1370 g/mol. The molecule has 0 aliphatic rings. The van der Waals surface area contributed by atoms with E-state index in [0.29, 0.717) is 23.4 Å². The van der Waals surface area contributed by atoms with Crippen LogP contribution < -0.4 is 0 Å². The van der Waals surface area contributed by atoms with Crippen molar-refractivity contribution >= 4 is 87.1 Å². The Hall–Kier alpha value is -14.6. The van der Waals surface area contributed by atoms with E-state index >= 15 is 0 Å². The molecule has 0 bridgehead atoms. The zero-order valence-electron chi connectivity index (χ0n) is 57.9. The predicted octanol–water partition coefficient (Wildman–Crippen LogP) is 24.1. The van der Waals surface area contributed by atoms with Gasteiger partial charge in [-0.15, -0.1) is 0 Å². The SMILES string of the molecule is c1ccc(-c2ccc(-c3nc(-n4c5ccccc5c5c6ccccc6ccc54)nc4ccccc34)cc2)cc1.c1ccc(-c2ccnc(-c3ccc(-n4c5ccccc5c5ccccc54)cc3)n2)cc1.c1ccc(-c2nc(-c3ccccc3)nc(-c3ccc(-n4c5ccccc5c5ccccc54)cc3)n2)cc1. The molecule has 0 saturated heterocycles. The Labute approximate surface area is 616 Å². The maximum atomic E-state index is 5.25. The molecule has 0 amide bonds. The quantitative estimate of drug-likeness (QED) is 0.134. The Morgan fingerprint density at radius 3 is 1.07 bits per heavy atom. The van der Waals surface area contributed by atoms with Crippen molar-refractivity contribution in [2.24, 2.45) is 0 Å². The Balaban J connectivity index is 0.000000110. The van der Waals surface area contributed by atoms with Crippen molar-refractivity contribution in [3.8, 4) is 96.5 Å². The number of benzene rings is 15. The summed E-state index contributed by atoms with van der Waals surface area (Å²) in [7, 11) is 0. The average molecular weight is 1370 g/mol. The minimum atomic E-state index is 0.654. The molecule has 0 unspecified atom stereocenters. The number of rotatable bonds is 10. The molecule has 502 valence electrons. The van der Waals surface area contributed by atoms with Gasteiger partial charge in [-0.05, 0) is 119 Å². The minimum absolute atomic E-state index is 0.654. The van der Waals surface area contributed by atoms with Crippen molar-refractivity contribution in [2.45, 2.75) is 0 Å². The smallest absolute Gasteiger partial charge is 0.235 e. The van der Waals surface area contributed by atoms with Gasteiger partial charge in [0.1, 0.15) is 0 Å². The second-order valence-electron chi connectivity index (χ2n) is 26.4. The molecule has 107 heavy (non-hydrogen) atoms. The van der Waals surface area contributed by atoms with E-state index in [1.165, 1.54) is 76.3 Å². The van der Waals surface area contributed by atoms with Crippen LogP contribution in [0, 0.1) is 0 Å². The third-order valence-corrected chi connectivity index (χ3v) is 20.0. The number of aromatic nitrogens is 10. The van der Waals surface area contributed by atoms with Crippen LogP contribution >= 0.6 is 0 Å². The van der Waals surface area contributed by atoms with E-state index in [1.807, 2.05) is 103 Å². The number of para-hydroxylation sites is 6. The molecule has 0 aliphatic carbocycles. The normalized spacial score (nSPS) is 11.4.